The summed E-state index contributed by atoms with van der Waals surface area (Å²) in [7, 11) is 0. The van der Waals surface area contributed by atoms with Crippen LogP contribution in [-0.4, -0.2) is 16.5 Å². The smallest absolute Gasteiger partial charge is 0.255 e. The van der Waals surface area contributed by atoms with Crippen LogP contribution in [0.25, 0.3) is 5.69 Å². The van der Waals surface area contributed by atoms with Crippen LogP contribution in [0.4, 0.5) is 0 Å². The van der Waals surface area contributed by atoms with E-state index in [1.807, 2.05) is 48.5 Å². The van der Waals surface area contributed by atoms with Crippen LogP contribution in [0.1, 0.15) is 22.6 Å². The van der Waals surface area contributed by atoms with Gasteiger partial charge in [-0.05, 0) is 41.3 Å². The van der Waals surface area contributed by atoms with Gasteiger partial charge >= 0.3 is 0 Å². The first-order valence-electron chi connectivity index (χ1n) is 9.01. The van der Waals surface area contributed by atoms with Gasteiger partial charge in [-0.3, -0.25) is 14.2 Å². The van der Waals surface area contributed by atoms with E-state index in [9.17, 15) is 9.59 Å². The maximum Gasteiger partial charge on any atom is 0.255 e. The molecular weight excluding hydrogens is 338 g/mol. The first-order valence-corrected chi connectivity index (χ1v) is 9.01. The molecule has 2 unspecified atom stereocenters. The molecule has 1 amide bonds. The first-order chi connectivity index (χ1) is 13.1. The van der Waals surface area contributed by atoms with Gasteiger partial charge in [0.05, 0.1) is 5.92 Å². The molecule has 1 aliphatic carbocycles. The Labute approximate surface area is 157 Å². The van der Waals surface area contributed by atoms with Gasteiger partial charge in [0, 0.05) is 30.5 Å². The monoisotopic (exact) mass is 359 g/mol. The lowest BCUT2D eigenvalue weighted by Gasteiger charge is -2.19. The average Bonchev–Trinajstić information content (AvgIpc) is 3.06. The molecule has 2 aromatic carbocycles. The number of nitrogens with zero attached hydrogens (tertiary/aromatic N) is 1. The average molecular weight is 359 g/mol. The third kappa shape index (κ3) is 3.41. The lowest BCUT2D eigenvalue weighted by atomic mass is 9.97. The minimum atomic E-state index is -0.302. The lowest BCUT2D eigenvalue weighted by Crippen LogP contribution is -2.38. The quantitative estimate of drug-likeness (QED) is 0.733. The van der Waals surface area contributed by atoms with Crippen LogP contribution in [0.2, 0.25) is 0 Å². The van der Waals surface area contributed by atoms with E-state index >= 15 is 0 Å². The highest BCUT2D eigenvalue weighted by molar-refractivity contribution is 5.84. The zero-order valence-corrected chi connectivity index (χ0v) is 14.8. The van der Waals surface area contributed by atoms with Gasteiger partial charge in [0.2, 0.25) is 5.91 Å². The molecule has 4 rings (SSSR count). The molecule has 0 saturated carbocycles. The molecule has 1 heterocycles. The largest absolute Gasteiger partial charge is 0.369 e. The van der Waals surface area contributed by atoms with Gasteiger partial charge in [-0.2, -0.15) is 0 Å². The van der Waals surface area contributed by atoms with Crippen LogP contribution < -0.4 is 16.6 Å². The number of amides is 1. The molecule has 2 atom stereocenters. The Morgan fingerprint density at radius 3 is 2.52 bits per heavy atom. The van der Waals surface area contributed by atoms with E-state index in [-0.39, 0.29) is 23.4 Å². The molecule has 1 aromatic heterocycles. The number of aromatic nitrogens is 1. The van der Waals surface area contributed by atoms with Crippen molar-refractivity contribution in [3.8, 4) is 5.69 Å². The van der Waals surface area contributed by atoms with Crippen molar-refractivity contribution in [1.82, 2.24) is 9.88 Å². The third-order valence-electron chi connectivity index (χ3n) is 5.14. The summed E-state index contributed by atoms with van der Waals surface area (Å²) in [4.78, 5) is 23.9. The van der Waals surface area contributed by atoms with Crippen LogP contribution in [0, 0.1) is 0 Å². The molecule has 0 saturated heterocycles. The van der Waals surface area contributed by atoms with Crippen molar-refractivity contribution in [2.75, 3.05) is 0 Å². The van der Waals surface area contributed by atoms with Crippen LogP contribution >= 0.6 is 0 Å². The molecule has 0 radical (unpaired) electrons. The van der Waals surface area contributed by atoms with E-state index in [2.05, 4.69) is 11.4 Å². The fraction of sp³-hybridized carbons (Fsp3) is 0.182. The minimum absolute atomic E-state index is 0.00341. The molecular formula is C22H21N3O2. The summed E-state index contributed by atoms with van der Waals surface area (Å²) in [6.45, 7) is 0.631. The predicted octanol–water partition coefficient (Wildman–Crippen LogP) is 2.12. The summed E-state index contributed by atoms with van der Waals surface area (Å²) in [5.74, 6) is -0.598. The van der Waals surface area contributed by atoms with E-state index in [4.69, 9.17) is 5.73 Å². The normalized spacial score (nSPS) is 18.2. The van der Waals surface area contributed by atoms with Gasteiger partial charge in [0.25, 0.3) is 5.56 Å². The van der Waals surface area contributed by atoms with Crippen molar-refractivity contribution < 1.29 is 4.79 Å². The van der Waals surface area contributed by atoms with Crippen LogP contribution in [0.3, 0.4) is 0 Å². The number of primary amides is 1. The van der Waals surface area contributed by atoms with E-state index < -0.39 is 0 Å². The van der Waals surface area contributed by atoms with Crippen LogP contribution in [0.15, 0.2) is 77.7 Å². The van der Waals surface area contributed by atoms with Crippen LogP contribution in [0.5, 0.6) is 0 Å². The van der Waals surface area contributed by atoms with Crippen molar-refractivity contribution in [2.24, 2.45) is 5.73 Å². The van der Waals surface area contributed by atoms with Crippen molar-refractivity contribution in [3.05, 3.63) is 100.0 Å². The zero-order valence-electron chi connectivity index (χ0n) is 14.8. The van der Waals surface area contributed by atoms with Gasteiger partial charge in [-0.25, -0.2) is 0 Å². The molecule has 0 fully saturated rings. The molecule has 1 aliphatic rings. The Kier molecular flexibility index (Phi) is 4.60. The van der Waals surface area contributed by atoms with E-state index in [0.717, 1.165) is 23.2 Å². The SMILES string of the molecule is NC(=O)C1c2ccccc2CC1NCc1ccc(-n2ccccc2=O)cc1. The Hall–Kier alpha value is -3.18. The van der Waals surface area contributed by atoms with Gasteiger partial charge in [-0.1, -0.05) is 42.5 Å². The number of carbonyl (C=O) groups excluding carboxylic acids is 1. The highest BCUT2D eigenvalue weighted by Gasteiger charge is 2.35. The summed E-state index contributed by atoms with van der Waals surface area (Å²) < 4.78 is 1.61. The van der Waals surface area contributed by atoms with Gasteiger partial charge in [0.15, 0.2) is 0 Å². The molecule has 5 nitrogen and oxygen atoms in total. The molecule has 27 heavy (non-hydrogen) atoms. The Bertz CT molecular complexity index is 1020. The topological polar surface area (TPSA) is 77.1 Å². The van der Waals surface area contributed by atoms with E-state index in [0.29, 0.717) is 6.54 Å². The summed E-state index contributed by atoms with van der Waals surface area (Å²) in [6.07, 6.45) is 2.55. The molecule has 0 bridgehead atoms. The van der Waals surface area contributed by atoms with Gasteiger partial charge < -0.3 is 11.1 Å². The third-order valence-corrected chi connectivity index (χ3v) is 5.14. The number of nitrogens with two attached hydrogens (primary N) is 1. The number of fused-ring (bicyclic) bond motifs is 1. The molecule has 0 spiro atoms. The molecule has 3 aromatic rings. The number of carbonyl (C=O) groups is 1. The molecule has 136 valence electrons. The second-order valence-corrected chi connectivity index (χ2v) is 6.85. The zero-order chi connectivity index (χ0) is 18.8. The van der Waals surface area contributed by atoms with Crippen LogP contribution in [-0.2, 0) is 17.8 Å². The highest BCUT2D eigenvalue weighted by Crippen LogP contribution is 2.33. The van der Waals surface area contributed by atoms with E-state index in [1.54, 1.807) is 16.8 Å². The molecule has 0 aliphatic heterocycles. The van der Waals surface area contributed by atoms with E-state index in [1.165, 1.54) is 11.6 Å². The van der Waals surface area contributed by atoms with Gasteiger partial charge in [-0.15, -0.1) is 0 Å². The second-order valence-electron chi connectivity index (χ2n) is 6.85. The summed E-state index contributed by atoms with van der Waals surface area (Å²) >= 11 is 0. The summed E-state index contributed by atoms with van der Waals surface area (Å²) in [5, 5.41) is 3.48. The number of pyridine rings is 1. The predicted molar refractivity (Wildman–Crippen MR) is 105 cm³/mol. The fourth-order valence-corrected chi connectivity index (χ4v) is 3.80. The standard InChI is InChI=1S/C22H21N3O2/c23-22(27)21-18-6-2-1-5-16(18)13-19(21)24-14-15-8-10-17(11-9-15)25-12-4-3-7-20(25)26/h1-12,19,21,24H,13-14H2,(H2,23,27). The Balaban J connectivity index is 1.47. The second kappa shape index (κ2) is 7.21. The van der Waals surface area contributed by atoms with Crippen molar-refractivity contribution in [3.63, 3.8) is 0 Å². The van der Waals surface area contributed by atoms with Crippen molar-refractivity contribution >= 4 is 5.91 Å². The first kappa shape index (κ1) is 17.2. The Morgan fingerprint density at radius 1 is 1.04 bits per heavy atom. The van der Waals surface area contributed by atoms with Crippen molar-refractivity contribution in [2.45, 2.75) is 24.9 Å². The highest BCUT2D eigenvalue weighted by atomic mass is 16.1. The maximum absolute atomic E-state index is 12.0. The van der Waals surface area contributed by atoms with Gasteiger partial charge in [0.1, 0.15) is 0 Å². The lowest BCUT2D eigenvalue weighted by molar-refractivity contribution is -0.119. The molecule has 5 heteroatoms. The summed E-state index contributed by atoms with van der Waals surface area (Å²) in [5.41, 5.74) is 9.72. The maximum atomic E-state index is 12.0. The number of rotatable bonds is 5. The fourth-order valence-electron chi connectivity index (χ4n) is 3.80. The minimum Gasteiger partial charge on any atom is -0.369 e. The number of hydrogen-bond donors (Lipinski definition) is 2. The Morgan fingerprint density at radius 2 is 1.78 bits per heavy atom. The number of hydrogen-bond acceptors (Lipinski definition) is 3. The summed E-state index contributed by atoms with van der Waals surface area (Å²) in [6, 6.07) is 20.9. The van der Waals surface area contributed by atoms with Crippen molar-refractivity contribution in [1.29, 1.82) is 0 Å². The number of nitrogens with one attached hydrogen (secondary N) is 1. The number of benzene rings is 2. The molecule has 3 N–H and O–H groups in total.